The van der Waals surface area contributed by atoms with Gasteiger partial charge in [-0.15, -0.1) is 0 Å². The molecular weight excluding hydrogens is 298 g/mol. The largest absolute Gasteiger partial charge is 0.307 e. The number of Topliss-reactive ketones (excluding diaryl/α,β-unsaturated/α-hetero) is 2. The van der Waals surface area contributed by atoms with Crippen molar-refractivity contribution in [1.82, 2.24) is 5.32 Å². The lowest BCUT2D eigenvalue weighted by atomic mass is 9.44. The van der Waals surface area contributed by atoms with Crippen LogP contribution in [0, 0.1) is 40.4 Å². The van der Waals surface area contributed by atoms with Gasteiger partial charge in [0.2, 0.25) is 0 Å². The van der Waals surface area contributed by atoms with Crippen molar-refractivity contribution in [2.75, 3.05) is 0 Å². The number of carbonyl (C=O) groups is 2. The number of carbonyl (C=O) groups excluding carboxylic acids is 2. The first-order chi connectivity index (χ1) is 11.4. The van der Waals surface area contributed by atoms with Crippen LogP contribution in [-0.4, -0.2) is 23.7 Å². The summed E-state index contributed by atoms with van der Waals surface area (Å²) in [6.45, 7) is 6.73. The van der Waals surface area contributed by atoms with Crippen LogP contribution < -0.4 is 5.32 Å². The van der Waals surface area contributed by atoms with Crippen LogP contribution >= 0.6 is 0 Å². The summed E-state index contributed by atoms with van der Waals surface area (Å²) >= 11 is 0. The van der Waals surface area contributed by atoms with Crippen LogP contribution in [0.15, 0.2) is 0 Å². The van der Waals surface area contributed by atoms with Crippen LogP contribution in [0.4, 0.5) is 0 Å². The van der Waals surface area contributed by atoms with Gasteiger partial charge in [-0.05, 0) is 73.5 Å². The molecule has 0 radical (unpaired) electrons. The van der Waals surface area contributed by atoms with Crippen molar-refractivity contribution in [2.45, 2.75) is 77.8 Å². The predicted molar refractivity (Wildman–Crippen MR) is 92.4 cm³/mol. The Morgan fingerprint density at radius 3 is 2.71 bits per heavy atom. The zero-order valence-corrected chi connectivity index (χ0v) is 15.3. The number of hydrogen-bond donors (Lipinski definition) is 1. The molecule has 1 saturated heterocycles. The van der Waals surface area contributed by atoms with Gasteiger partial charge in [-0.1, -0.05) is 13.8 Å². The molecule has 5 rings (SSSR count). The highest BCUT2D eigenvalue weighted by Crippen LogP contribution is 2.70. The quantitative estimate of drug-likeness (QED) is 0.751. The minimum Gasteiger partial charge on any atom is -0.307 e. The summed E-state index contributed by atoms with van der Waals surface area (Å²) in [6, 6.07) is 1.16. The zero-order valence-electron chi connectivity index (χ0n) is 15.3. The van der Waals surface area contributed by atoms with Crippen molar-refractivity contribution in [2.24, 2.45) is 40.4 Å². The highest BCUT2D eigenvalue weighted by molar-refractivity contribution is 5.80. The SMILES string of the molecule is CC(=O)[C@H]1CC[C@H]2[C@@H]3CC[C@@H]4CC(=O)CC[C@]4(C)[C@H]3[C@@H]3N[C@@H]3[C@]12C. The molecule has 5 fully saturated rings. The first-order valence-corrected chi connectivity index (χ1v) is 10.2. The fourth-order valence-corrected chi connectivity index (χ4v) is 8.30. The summed E-state index contributed by atoms with van der Waals surface area (Å²) in [5.41, 5.74) is 0.532. The summed E-state index contributed by atoms with van der Waals surface area (Å²) in [5, 5.41) is 3.86. The Kier molecular flexibility index (Phi) is 3.06. The van der Waals surface area contributed by atoms with Crippen molar-refractivity contribution in [3.05, 3.63) is 0 Å². The molecule has 3 heteroatoms. The summed E-state index contributed by atoms with van der Waals surface area (Å²) in [4.78, 5) is 24.3. The lowest BCUT2D eigenvalue weighted by Crippen LogP contribution is -2.57. The average molecular weight is 329 g/mol. The summed E-state index contributed by atoms with van der Waals surface area (Å²) < 4.78 is 0. The Bertz CT molecular complexity index is 615. The zero-order chi connectivity index (χ0) is 16.9. The maximum Gasteiger partial charge on any atom is 0.133 e. The van der Waals surface area contributed by atoms with Gasteiger partial charge in [0.1, 0.15) is 11.6 Å². The van der Waals surface area contributed by atoms with Gasteiger partial charge in [0, 0.05) is 30.8 Å². The van der Waals surface area contributed by atoms with E-state index in [4.69, 9.17) is 0 Å². The minimum absolute atomic E-state index is 0.186. The topological polar surface area (TPSA) is 56.1 Å². The molecule has 132 valence electrons. The van der Waals surface area contributed by atoms with Crippen molar-refractivity contribution >= 4 is 11.6 Å². The second kappa shape index (κ2) is 4.72. The second-order valence-electron chi connectivity index (χ2n) is 10.1. The smallest absolute Gasteiger partial charge is 0.133 e. The molecule has 9 atom stereocenters. The Labute approximate surface area is 145 Å². The molecule has 0 bridgehead atoms. The van der Waals surface area contributed by atoms with E-state index in [1.54, 1.807) is 0 Å². The van der Waals surface area contributed by atoms with E-state index < -0.39 is 0 Å². The van der Waals surface area contributed by atoms with Crippen LogP contribution in [0.5, 0.6) is 0 Å². The third kappa shape index (κ3) is 1.73. The van der Waals surface area contributed by atoms with Crippen LogP contribution in [0.25, 0.3) is 0 Å². The van der Waals surface area contributed by atoms with Crippen LogP contribution in [0.3, 0.4) is 0 Å². The van der Waals surface area contributed by atoms with E-state index in [1.165, 1.54) is 19.3 Å². The molecule has 1 N–H and O–H groups in total. The molecule has 0 aromatic rings. The van der Waals surface area contributed by atoms with Crippen LogP contribution in [-0.2, 0) is 9.59 Å². The number of nitrogens with one attached hydrogen (secondary N) is 1. The summed E-state index contributed by atoms with van der Waals surface area (Å²) in [5.74, 6) is 4.00. The van der Waals surface area contributed by atoms with Gasteiger partial charge in [0.05, 0.1) is 0 Å². The van der Waals surface area contributed by atoms with E-state index in [2.05, 4.69) is 19.2 Å². The first-order valence-electron chi connectivity index (χ1n) is 10.2. The van der Waals surface area contributed by atoms with Gasteiger partial charge in [-0.2, -0.15) is 0 Å². The van der Waals surface area contributed by atoms with Gasteiger partial charge in [0.25, 0.3) is 0 Å². The number of fused-ring (bicyclic) bond motifs is 8. The van der Waals surface area contributed by atoms with Gasteiger partial charge >= 0.3 is 0 Å². The molecule has 0 amide bonds. The lowest BCUT2D eigenvalue weighted by molar-refractivity contribution is -0.138. The van der Waals surface area contributed by atoms with E-state index in [1.807, 2.05) is 6.92 Å². The van der Waals surface area contributed by atoms with E-state index in [-0.39, 0.29) is 11.3 Å². The predicted octanol–water partition coefficient (Wildman–Crippen LogP) is 3.36. The summed E-state index contributed by atoms with van der Waals surface area (Å²) in [7, 11) is 0. The van der Waals surface area contributed by atoms with Crippen molar-refractivity contribution in [3.8, 4) is 0 Å². The molecule has 0 aromatic heterocycles. The van der Waals surface area contributed by atoms with Crippen LogP contribution in [0.1, 0.15) is 65.7 Å². The van der Waals surface area contributed by atoms with Crippen molar-refractivity contribution in [3.63, 3.8) is 0 Å². The van der Waals surface area contributed by atoms with E-state index in [0.717, 1.165) is 37.5 Å². The third-order valence-corrected chi connectivity index (χ3v) is 9.42. The standard InChI is InChI=1S/C21H31NO2/c1-11(23)15-6-7-16-14-5-4-12-10-13(24)8-9-20(12,2)17(14)18-19(22-18)21(15,16)3/h12,14-19,22H,4-10H2,1-3H3/t12-,14+,15-,16+,17-,18+,19+,20+,21-/m1/s1. The van der Waals surface area contributed by atoms with Crippen molar-refractivity contribution < 1.29 is 9.59 Å². The Hall–Kier alpha value is -0.700. The lowest BCUT2D eigenvalue weighted by Gasteiger charge is -2.59. The molecule has 1 heterocycles. The van der Waals surface area contributed by atoms with Gasteiger partial charge in [-0.25, -0.2) is 0 Å². The number of ketones is 2. The maximum absolute atomic E-state index is 12.3. The second-order valence-corrected chi connectivity index (χ2v) is 10.1. The monoisotopic (exact) mass is 329 g/mol. The molecule has 4 saturated carbocycles. The van der Waals surface area contributed by atoms with Gasteiger partial charge in [0.15, 0.2) is 0 Å². The van der Waals surface area contributed by atoms with Crippen molar-refractivity contribution in [1.29, 1.82) is 0 Å². The molecule has 0 unspecified atom stereocenters. The van der Waals surface area contributed by atoms with E-state index in [9.17, 15) is 9.59 Å². The molecule has 1 aliphatic heterocycles. The third-order valence-electron chi connectivity index (χ3n) is 9.42. The molecule has 24 heavy (non-hydrogen) atoms. The molecule has 4 aliphatic carbocycles. The highest BCUT2D eigenvalue weighted by atomic mass is 16.1. The van der Waals surface area contributed by atoms with E-state index in [0.29, 0.717) is 40.9 Å². The fraction of sp³-hybridized carbons (Fsp3) is 0.905. The van der Waals surface area contributed by atoms with Gasteiger partial charge < -0.3 is 5.32 Å². The highest BCUT2D eigenvalue weighted by Gasteiger charge is 2.72. The Morgan fingerprint density at radius 1 is 1.17 bits per heavy atom. The first kappa shape index (κ1) is 15.5. The number of hydrogen-bond acceptors (Lipinski definition) is 3. The Balaban J connectivity index is 1.52. The molecule has 5 aliphatic rings. The number of rotatable bonds is 1. The Morgan fingerprint density at radius 2 is 1.96 bits per heavy atom. The van der Waals surface area contributed by atoms with Gasteiger partial charge in [-0.3, -0.25) is 9.59 Å². The normalized spacial score (nSPS) is 58.3. The minimum atomic E-state index is 0.186. The molecular formula is C21H31NO2. The summed E-state index contributed by atoms with van der Waals surface area (Å²) in [6.07, 6.45) is 7.59. The maximum atomic E-state index is 12.3. The van der Waals surface area contributed by atoms with Crippen LogP contribution in [0.2, 0.25) is 0 Å². The molecule has 3 nitrogen and oxygen atoms in total. The van der Waals surface area contributed by atoms with E-state index >= 15 is 0 Å². The average Bonchev–Trinajstić information content (AvgIpc) is 3.24. The fourth-order valence-electron chi connectivity index (χ4n) is 8.30. The molecule has 0 spiro atoms. The molecule has 0 aromatic carbocycles.